The molecule has 0 spiro atoms. The fourth-order valence-electron chi connectivity index (χ4n) is 1.55. The van der Waals surface area contributed by atoms with E-state index in [4.69, 9.17) is 16.3 Å². The van der Waals surface area contributed by atoms with E-state index in [-0.39, 0.29) is 5.02 Å². The first-order valence-corrected chi connectivity index (χ1v) is 5.67. The number of aromatic nitrogens is 1. The van der Waals surface area contributed by atoms with E-state index in [1.807, 2.05) is 0 Å². The monoisotopic (exact) mass is 287 g/mol. The van der Waals surface area contributed by atoms with Crippen molar-refractivity contribution in [2.24, 2.45) is 0 Å². The summed E-state index contributed by atoms with van der Waals surface area (Å²) in [5, 5.41) is -0.0417. The molecule has 1 aromatic heterocycles. The van der Waals surface area contributed by atoms with Gasteiger partial charge < -0.3 is 4.74 Å². The molecule has 0 N–H and O–H groups in total. The van der Waals surface area contributed by atoms with Gasteiger partial charge in [0.25, 0.3) is 0 Å². The Morgan fingerprint density at radius 3 is 2.26 bits per heavy atom. The second-order valence-corrected chi connectivity index (χ2v) is 4.19. The lowest BCUT2D eigenvalue weighted by Gasteiger charge is -2.09. The fourth-order valence-corrected chi connectivity index (χ4v) is 1.83. The summed E-state index contributed by atoms with van der Waals surface area (Å²) in [4.78, 5) is 3.78. The van der Waals surface area contributed by atoms with Gasteiger partial charge in [-0.15, -0.1) is 0 Å². The zero-order valence-corrected chi connectivity index (χ0v) is 10.6. The number of nitrogens with zero attached hydrogens (tertiary/aromatic N) is 1. The molecule has 0 aliphatic carbocycles. The molecule has 0 unspecified atom stereocenters. The average molecular weight is 288 g/mol. The van der Waals surface area contributed by atoms with Crippen molar-refractivity contribution in [3.63, 3.8) is 0 Å². The van der Waals surface area contributed by atoms with Gasteiger partial charge in [0.05, 0.1) is 23.4 Å². The zero-order chi connectivity index (χ0) is 14.0. The lowest BCUT2D eigenvalue weighted by atomic mass is 10.1. The average Bonchev–Trinajstić information content (AvgIpc) is 2.38. The van der Waals surface area contributed by atoms with Crippen LogP contribution in [0.15, 0.2) is 36.5 Å². The molecule has 0 bridgehead atoms. The number of pyridine rings is 1. The predicted molar refractivity (Wildman–Crippen MR) is 66.2 cm³/mol. The smallest absolute Gasteiger partial charge is 0.417 e. The fraction of sp³-hybridized carbons (Fsp3) is 0.154. The molecule has 0 aliphatic heterocycles. The summed E-state index contributed by atoms with van der Waals surface area (Å²) in [6.45, 7) is 0. The van der Waals surface area contributed by atoms with Crippen LogP contribution in [0.2, 0.25) is 5.02 Å². The van der Waals surface area contributed by atoms with E-state index >= 15 is 0 Å². The first kappa shape index (κ1) is 13.7. The maximum absolute atomic E-state index is 12.5. The Bertz CT molecular complexity index is 581. The number of methoxy groups -OCH3 is 1. The molecule has 0 radical (unpaired) electrons. The van der Waals surface area contributed by atoms with Crippen molar-refractivity contribution >= 4 is 11.6 Å². The van der Waals surface area contributed by atoms with Gasteiger partial charge in [0, 0.05) is 11.8 Å². The molecule has 0 saturated heterocycles. The number of hydrogen-bond acceptors (Lipinski definition) is 2. The summed E-state index contributed by atoms with van der Waals surface area (Å²) in [5.74, 6) is 0.645. The van der Waals surface area contributed by atoms with Gasteiger partial charge in [0.2, 0.25) is 0 Å². The molecule has 1 aromatic carbocycles. The van der Waals surface area contributed by atoms with Crippen LogP contribution < -0.4 is 4.74 Å². The van der Waals surface area contributed by atoms with Crippen LogP contribution in [-0.4, -0.2) is 12.1 Å². The van der Waals surface area contributed by atoms with E-state index in [0.29, 0.717) is 17.0 Å². The molecule has 1 heterocycles. The lowest BCUT2D eigenvalue weighted by Crippen LogP contribution is -2.05. The molecule has 2 rings (SSSR count). The SMILES string of the molecule is COc1ccc(-c2ncc(C(F)(F)F)cc2Cl)cc1. The minimum absolute atomic E-state index is 0.0417. The van der Waals surface area contributed by atoms with Gasteiger partial charge in [-0.3, -0.25) is 4.98 Å². The van der Waals surface area contributed by atoms with Gasteiger partial charge in [-0.2, -0.15) is 13.2 Å². The molecule has 0 aliphatic rings. The second-order valence-electron chi connectivity index (χ2n) is 3.78. The molecule has 0 amide bonds. The van der Waals surface area contributed by atoms with E-state index in [2.05, 4.69) is 4.98 Å². The molecule has 0 saturated carbocycles. The Balaban J connectivity index is 2.40. The normalized spacial score (nSPS) is 11.4. The molecule has 6 heteroatoms. The standard InChI is InChI=1S/C13H9ClF3NO/c1-19-10-4-2-8(3-5-10)12-11(14)6-9(7-18-12)13(15,16)17/h2-7H,1H3. The van der Waals surface area contributed by atoms with Crippen molar-refractivity contribution in [3.05, 3.63) is 47.1 Å². The third kappa shape index (κ3) is 2.98. The van der Waals surface area contributed by atoms with Crippen molar-refractivity contribution < 1.29 is 17.9 Å². The van der Waals surface area contributed by atoms with Crippen molar-refractivity contribution in [1.29, 1.82) is 0 Å². The van der Waals surface area contributed by atoms with E-state index in [1.165, 1.54) is 7.11 Å². The quantitative estimate of drug-likeness (QED) is 0.815. The largest absolute Gasteiger partial charge is 0.497 e. The highest BCUT2D eigenvalue weighted by atomic mass is 35.5. The van der Waals surface area contributed by atoms with Crippen LogP contribution in [0.1, 0.15) is 5.56 Å². The zero-order valence-electron chi connectivity index (χ0n) is 9.83. The third-order valence-corrected chi connectivity index (χ3v) is 2.82. The Kier molecular flexibility index (Phi) is 3.66. The van der Waals surface area contributed by atoms with Crippen molar-refractivity contribution in [1.82, 2.24) is 4.98 Å². The van der Waals surface area contributed by atoms with E-state index in [1.54, 1.807) is 24.3 Å². The highest BCUT2D eigenvalue weighted by molar-refractivity contribution is 6.33. The molecule has 0 fully saturated rings. The van der Waals surface area contributed by atoms with E-state index in [0.717, 1.165) is 12.3 Å². The van der Waals surface area contributed by atoms with Crippen LogP contribution in [0.3, 0.4) is 0 Å². The molecular formula is C13H9ClF3NO. The van der Waals surface area contributed by atoms with Crippen LogP contribution in [0.4, 0.5) is 13.2 Å². The van der Waals surface area contributed by atoms with Gasteiger partial charge in [0.1, 0.15) is 5.75 Å². The number of alkyl halides is 3. The molecule has 2 aromatic rings. The first-order chi connectivity index (χ1) is 8.91. The van der Waals surface area contributed by atoms with Gasteiger partial charge >= 0.3 is 6.18 Å². The van der Waals surface area contributed by atoms with Gasteiger partial charge in [-0.05, 0) is 30.3 Å². The summed E-state index contributed by atoms with van der Waals surface area (Å²) < 4.78 is 42.5. The summed E-state index contributed by atoms with van der Waals surface area (Å²) in [7, 11) is 1.53. The molecule has 2 nitrogen and oxygen atoms in total. The minimum atomic E-state index is -4.45. The van der Waals surface area contributed by atoms with Gasteiger partial charge in [-0.25, -0.2) is 0 Å². The minimum Gasteiger partial charge on any atom is -0.497 e. The van der Waals surface area contributed by atoms with Crippen LogP contribution in [0.25, 0.3) is 11.3 Å². The maximum atomic E-state index is 12.5. The Morgan fingerprint density at radius 2 is 1.79 bits per heavy atom. The number of halogens is 4. The lowest BCUT2D eigenvalue weighted by molar-refractivity contribution is -0.137. The van der Waals surface area contributed by atoms with Crippen LogP contribution in [0, 0.1) is 0 Å². The first-order valence-electron chi connectivity index (χ1n) is 5.29. The molecular weight excluding hydrogens is 279 g/mol. The van der Waals surface area contributed by atoms with Crippen molar-refractivity contribution in [3.8, 4) is 17.0 Å². The third-order valence-electron chi connectivity index (χ3n) is 2.53. The van der Waals surface area contributed by atoms with Crippen LogP contribution in [-0.2, 0) is 6.18 Å². The summed E-state index contributed by atoms with van der Waals surface area (Å²) >= 11 is 5.85. The molecule has 100 valence electrons. The summed E-state index contributed by atoms with van der Waals surface area (Å²) in [6.07, 6.45) is -3.68. The molecule has 0 atom stereocenters. The Morgan fingerprint density at radius 1 is 1.16 bits per heavy atom. The van der Waals surface area contributed by atoms with Crippen LogP contribution >= 0.6 is 11.6 Å². The Hall–Kier alpha value is -1.75. The maximum Gasteiger partial charge on any atom is 0.417 e. The predicted octanol–water partition coefficient (Wildman–Crippen LogP) is 4.43. The summed E-state index contributed by atoms with van der Waals surface area (Å²) in [6, 6.07) is 7.60. The highest BCUT2D eigenvalue weighted by Gasteiger charge is 2.31. The van der Waals surface area contributed by atoms with Gasteiger partial charge in [-0.1, -0.05) is 11.6 Å². The van der Waals surface area contributed by atoms with Crippen molar-refractivity contribution in [2.45, 2.75) is 6.18 Å². The number of rotatable bonds is 2. The van der Waals surface area contributed by atoms with Crippen LogP contribution in [0.5, 0.6) is 5.75 Å². The molecule has 19 heavy (non-hydrogen) atoms. The van der Waals surface area contributed by atoms with E-state index < -0.39 is 11.7 Å². The second kappa shape index (κ2) is 5.09. The number of hydrogen-bond donors (Lipinski definition) is 0. The van der Waals surface area contributed by atoms with Gasteiger partial charge in [0.15, 0.2) is 0 Å². The summed E-state index contributed by atoms with van der Waals surface area (Å²) in [5.41, 5.74) is 0.0617. The topological polar surface area (TPSA) is 22.1 Å². The number of benzene rings is 1. The Labute approximate surface area is 112 Å². The van der Waals surface area contributed by atoms with E-state index in [9.17, 15) is 13.2 Å². The van der Waals surface area contributed by atoms with Crippen molar-refractivity contribution in [2.75, 3.05) is 7.11 Å². The number of ether oxygens (including phenoxy) is 1. The highest BCUT2D eigenvalue weighted by Crippen LogP contribution is 2.34.